The van der Waals surface area contributed by atoms with Crippen LogP contribution < -0.4 is 4.74 Å². The lowest BCUT2D eigenvalue weighted by Crippen LogP contribution is -2.41. The molecule has 1 aliphatic heterocycles. The van der Waals surface area contributed by atoms with Crippen molar-refractivity contribution in [2.24, 2.45) is 0 Å². The lowest BCUT2D eigenvalue weighted by Gasteiger charge is -2.38. The molecule has 0 N–H and O–H groups in total. The smallest absolute Gasteiger partial charge is 0.387 e. The maximum absolute atomic E-state index is 13.2. The molecule has 1 aromatic heterocycles. The number of rotatable bonds is 5. The molecule has 2 atom stereocenters. The van der Waals surface area contributed by atoms with Gasteiger partial charge in [-0.3, -0.25) is 0 Å². The number of halogens is 4. The predicted molar refractivity (Wildman–Crippen MR) is 129 cm³/mol. The summed E-state index contributed by atoms with van der Waals surface area (Å²) in [4.78, 5) is 4.88. The molecule has 4 nitrogen and oxygen atoms in total. The molecule has 2 aromatic carbocycles. The van der Waals surface area contributed by atoms with E-state index in [0.717, 1.165) is 16.9 Å². The van der Waals surface area contributed by atoms with E-state index in [1.165, 1.54) is 0 Å². The molecule has 172 valence electrons. The van der Waals surface area contributed by atoms with Crippen LogP contribution in [-0.2, 0) is 4.43 Å². The van der Waals surface area contributed by atoms with E-state index in [1.807, 2.05) is 18.2 Å². The summed E-state index contributed by atoms with van der Waals surface area (Å²) in [6, 6.07) is 10.3. The number of ether oxygens (including phenoxy) is 1. The van der Waals surface area contributed by atoms with Gasteiger partial charge in [0.25, 0.3) is 0 Å². The third-order valence-electron chi connectivity index (χ3n) is 6.52. The minimum atomic E-state index is -2.92. The van der Waals surface area contributed by atoms with Crippen LogP contribution in [0.1, 0.15) is 50.7 Å². The zero-order valence-corrected chi connectivity index (χ0v) is 22.0. The standard InChI is InChI=1S/C23H26BrClF2N2O2Si/c1-23(2,3)32(4,5)31-19-12-17(20-14(24)7-6-8-18(20)30-22(26)27)29-16-11-13(25)9-10-15(16)28-21(19)29/h6-11,17,19,22H,12H2,1-5H3/t17-,19+/m1/s1. The maximum atomic E-state index is 13.2. The van der Waals surface area contributed by atoms with Gasteiger partial charge in [0.15, 0.2) is 8.32 Å². The summed E-state index contributed by atoms with van der Waals surface area (Å²) >= 11 is 9.87. The van der Waals surface area contributed by atoms with E-state index in [4.69, 9.17) is 25.7 Å². The van der Waals surface area contributed by atoms with E-state index >= 15 is 0 Å². The Bertz CT molecular complexity index is 1160. The van der Waals surface area contributed by atoms with Crippen LogP contribution in [0.4, 0.5) is 8.78 Å². The highest BCUT2D eigenvalue weighted by Gasteiger charge is 2.45. The van der Waals surface area contributed by atoms with Crippen molar-refractivity contribution in [1.82, 2.24) is 9.55 Å². The van der Waals surface area contributed by atoms with E-state index in [2.05, 4.69) is 54.4 Å². The second kappa shape index (κ2) is 8.38. The minimum absolute atomic E-state index is 0.0164. The van der Waals surface area contributed by atoms with Crippen LogP contribution in [-0.4, -0.2) is 24.5 Å². The van der Waals surface area contributed by atoms with E-state index in [1.54, 1.807) is 18.2 Å². The zero-order chi connectivity index (χ0) is 23.4. The third kappa shape index (κ3) is 4.22. The van der Waals surface area contributed by atoms with Gasteiger partial charge in [0.05, 0.1) is 17.1 Å². The van der Waals surface area contributed by atoms with Gasteiger partial charge in [0.1, 0.15) is 17.7 Å². The van der Waals surface area contributed by atoms with Crippen molar-refractivity contribution in [3.05, 3.63) is 57.3 Å². The van der Waals surface area contributed by atoms with Gasteiger partial charge in [-0.2, -0.15) is 8.78 Å². The summed E-state index contributed by atoms with van der Waals surface area (Å²) in [7, 11) is -2.12. The Balaban J connectivity index is 1.89. The van der Waals surface area contributed by atoms with E-state index in [9.17, 15) is 8.78 Å². The van der Waals surface area contributed by atoms with Gasteiger partial charge in [-0.25, -0.2) is 4.98 Å². The average Bonchev–Trinajstić information content (AvgIpc) is 3.18. The van der Waals surface area contributed by atoms with Crippen LogP contribution in [0.25, 0.3) is 11.0 Å². The Morgan fingerprint density at radius 2 is 1.94 bits per heavy atom. The SMILES string of the molecule is CC(C)(C)[Si](C)(C)O[C@H]1C[C@H](c2c(Br)cccc2OC(F)F)n2c1nc1ccc(Cl)cc12. The summed E-state index contributed by atoms with van der Waals surface area (Å²) in [5, 5.41) is 0.603. The van der Waals surface area contributed by atoms with Crippen molar-refractivity contribution in [2.45, 2.75) is 64.1 Å². The molecular weight excluding hydrogens is 518 g/mol. The molecule has 2 heterocycles. The molecule has 0 saturated heterocycles. The van der Waals surface area contributed by atoms with Crippen molar-refractivity contribution in [2.75, 3.05) is 0 Å². The monoisotopic (exact) mass is 542 g/mol. The first-order chi connectivity index (χ1) is 14.9. The van der Waals surface area contributed by atoms with Gasteiger partial charge in [-0.05, 0) is 48.5 Å². The van der Waals surface area contributed by atoms with Crippen molar-refractivity contribution >= 4 is 46.9 Å². The minimum Gasteiger partial charge on any atom is -0.434 e. The van der Waals surface area contributed by atoms with Crippen molar-refractivity contribution in [3.8, 4) is 5.75 Å². The summed E-state index contributed by atoms with van der Waals surface area (Å²) in [6.07, 6.45) is 0.304. The molecule has 0 fully saturated rings. The summed E-state index contributed by atoms with van der Waals surface area (Å²) in [6.45, 7) is 8.06. The molecule has 0 bridgehead atoms. The number of nitrogens with zero attached hydrogens (tertiary/aromatic N) is 2. The van der Waals surface area contributed by atoms with Gasteiger partial charge in [-0.15, -0.1) is 0 Å². The summed E-state index contributed by atoms with van der Waals surface area (Å²) in [5.41, 5.74) is 2.29. The van der Waals surface area contributed by atoms with Gasteiger partial charge in [0.2, 0.25) is 0 Å². The molecule has 32 heavy (non-hydrogen) atoms. The second-order valence-corrected chi connectivity index (χ2v) is 15.7. The number of fused-ring (bicyclic) bond motifs is 3. The Morgan fingerprint density at radius 1 is 1.22 bits per heavy atom. The average molecular weight is 544 g/mol. The lowest BCUT2D eigenvalue weighted by molar-refractivity contribution is -0.0507. The fourth-order valence-electron chi connectivity index (χ4n) is 3.97. The van der Waals surface area contributed by atoms with Crippen LogP contribution >= 0.6 is 27.5 Å². The van der Waals surface area contributed by atoms with Crippen molar-refractivity contribution in [1.29, 1.82) is 0 Å². The molecule has 1 aliphatic rings. The lowest BCUT2D eigenvalue weighted by atomic mass is 10.0. The number of imidazole rings is 1. The molecule has 0 saturated carbocycles. The number of aromatic nitrogens is 2. The molecule has 4 rings (SSSR count). The number of alkyl halides is 2. The van der Waals surface area contributed by atoms with Crippen molar-refractivity contribution in [3.63, 3.8) is 0 Å². The first kappa shape index (κ1) is 23.7. The Morgan fingerprint density at radius 3 is 2.59 bits per heavy atom. The van der Waals surface area contributed by atoms with Gasteiger partial charge < -0.3 is 13.7 Å². The summed E-state index contributed by atoms with van der Waals surface area (Å²) < 4.78 is 40.8. The molecule has 0 unspecified atom stereocenters. The number of hydrogen-bond acceptors (Lipinski definition) is 3. The van der Waals surface area contributed by atoms with E-state index in [-0.39, 0.29) is 22.9 Å². The Labute approximate surface area is 201 Å². The topological polar surface area (TPSA) is 36.3 Å². The summed E-state index contributed by atoms with van der Waals surface area (Å²) in [5.74, 6) is 0.929. The molecule has 0 aliphatic carbocycles. The first-order valence-corrected chi connectivity index (χ1v) is 14.6. The van der Waals surface area contributed by atoms with Crippen LogP contribution in [0.15, 0.2) is 40.9 Å². The van der Waals surface area contributed by atoms with Gasteiger partial charge in [0, 0.05) is 21.5 Å². The molecule has 0 radical (unpaired) electrons. The molecule has 3 aromatic rings. The second-order valence-electron chi connectivity index (χ2n) is 9.62. The largest absolute Gasteiger partial charge is 0.434 e. The van der Waals surface area contributed by atoms with E-state index in [0.29, 0.717) is 21.5 Å². The number of hydrogen-bond donors (Lipinski definition) is 0. The molecule has 0 spiro atoms. The fourth-order valence-corrected chi connectivity index (χ4v) is 6.02. The quantitative estimate of drug-likeness (QED) is 0.305. The Hall–Kier alpha value is -1.48. The highest BCUT2D eigenvalue weighted by molar-refractivity contribution is 9.10. The van der Waals surface area contributed by atoms with E-state index < -0.39 is 14.9 Å². The molecule has 0 amide bonds. The first-order valence-electron chi connectivity index (χ1n) is 10.5. The van der Waals surface area contributed by atoms with Crippen LogP contribution in [0, 0.1) is 0 Å². The molecular formula is C23H26BrClF2N2O2Si. The van der Waals surface area contributed by atoms with Crippen LogP contribution in [0.2, 0.25) is 23.2 Å². The Kier molecular flexibility index (Phi) is 6.20. The fraction of sp³-hybridized carbons (Fsp3) is 0.435. The van der Waals surface area contributed by atoms with Crippen LogP contribution in [0.5, 0.6) is 5.75 Å². The van der Waals surface area contributed by atoms with Gasteiger partial charge >= 0.3 is 6.61 Å². The molecule has 9 heteroatoms. The third-order valence-corrected chi connectivity index (χ3v) is 11.9. The highest BCUT2D eigenvalue weighted by atomic mass is 79.9. The van der Waals surface area contributed by atoms with Crippen LogP contribution in [0.3, 0.4) is 0 Å². The highest BCUT2D eigenvalue weighted by Crippen LogP contribution is 2.50. The van der Waals surface area contributed by atoms with Crippen molar-refractivity contribution < 1.29 is 17.9 Å². The normalized spacial score (nSPS) is 19.1. The zero-order valence-electron chi connectivity index (χ0n) is 18.6. The predicted octanol–water partition coefficient (Wildman–Crippen LogP) is 8.11. The maximum Gasteiger partial charge on any atom is 0.387 e. The van der Waals surface area contributed by atoms with Gasteiger partial charge in [-0.1, -0.05) is 54.4 Å². The number of benzene rings is 2.